The highest BCUT2D eigenvalue weighted by molar-refractivity contribution is 14.1. The molecule has 0 aliphatic carbocycles. The molecule has 0 aliphatic rings. The largest absolute Gasteiger partial charge is 0.310 e. The monoisotopic (exact) mass is 457 g/mol. The molecule has 0 fully saturated rings. The summed E-state index contributed by atoms with van der Waals surface area (Å²) in [6.45, 7) is 5.44. The average Bonchev–Trinajstić information content (AvgIpc) is 2.48. The van der Waals surface area contributed by atoms with E-state index in [4.69, 9.17) is 0 Å². The lowest BCUT2D eigenvalue weighted by atomic mass is 9.95. The van der Waals surface area contributed by atoms with Gasteiger partial charge in [-0.3, -0.25) is 0 Å². The van der Waals surface area contributed by atoms with Gasteiger partial charge in [-0.1, -0.05) is 41.1 Å². The normalized spacial score (nSPS) is 12.4. The maximum atomic E-state index is 3.69. The molecule has 0 heterocycles. The number of halogens is 2. The van der Waals surface area contributed by atoms with Crippen molar-refractivity contribution in [2.75, 3.05) is 6.54 Å². The number of aryl methyl sites for hydroxylation is 1. The van der Waals surface area contributed by atoms with Gasteiger partial charge in [-0.25, -0.2) is 0 Å². The van der Waals surface area contributed by atoms with Crippen LogP contribution in [-0.4, -0.2) is 6.54 Å². The molecular weight excluding hydrogens is 437 g/mol. The Hall–Kier alpha value is -0.390. The third-order valence-corrected chi connectivity index (χ3v) is 4.82. The smallest absolute Gasteiger partial charge is 0.0363 e. The number of benzene rings is 2. The van der Waals surface area contributed by atoms with Crippen molar-refractivity contribution >= 4 is 38.5 Å². The molecule has 0 saturated carbocycles. The molecule has 1 N–H and O–H groups in total. The van der Waals surface area contributed by atoms with Gasteiger partial charge in [0.2, 0.25) is 0 Å². The molecule has 1 nitrogen and oxygen atoms in total. The lowest BCUT2D eigenvalue weighted by Gasteiger charge is -2.21. The molecule has 0 amide bonds. The van der Waals surface area contributed by atoms with Gasteiger partial charge in [0.1, 0.15) is 0 Å². The van der Waals surface area contributed by atoms with Crippen LogP contribution in [0.1, 0.15) is 36.1 Å². The topological polar surface area (TPSA) is 12.0 Å². The molecule has 0 saturated heterocycles. The minimum Gasteiger partial charge on any atom is -0.310 e. The molecule has 0 radical (unpaired) electrons. The molecule has 0 spiro atoms. The summed E-state index contributed by atoms with van der Waals surface area (Å²) < 4.78 is 2.43. The number of hydrogen-bond acceptors (Lipinski definition) is 1. The maximum Gasteiger partial charge on any atom is 0.0363 e. The molecule has 0 aliphatic heterocycles. The van der Waals surface area contributed by atoms with Crippen molar-refractivity contribution in [3.8, 4) is 0 Å². The predicted octanol–water partition coefficient (Wildman–Crippen LogP) is 5.65. The molecule has 2 rings (SSSR count). The first-order valence-corrected chi connectivity index (χ1v) is 9.21. The standard InChI is InChI=1S/C18H21BrIN/c1-3-10-21-18(11-14-5-8-16(20)9-6-14)17-12-15(19)7-4-13(17)2/h4-9,12,18,21H,3,10-11H2,1-2H3. The maximum absolute atomic E-state index is 3.69. The van der Waals surface area contributed by atoms with Crippen molar-refractivity contribution in [3.63, 3.8) is 0 Å². The molecule has 2 aromatic carbocycles. The Kier molecular flexibility index (Phi) is 6.71. The zero-order valence-electron chi connectivity index (χ0n) is 12.5. The molecular formula is C18H21BrIN. The second-order valence-electron chi connectivity index (χ2n) is 5.34. The minimum absolute atomic E-state index is 0.363. The first-order chi connectivity index (χ1) is 10.1. The van der Waals surface area contributed by atoms with Gasteiger partial charge in [0.05, 0.1) is 0 Å². The number of nitrogens with one attached hydrogen (secondary N) is 1. The Morgan fingerprint density at radius 1 is 1.14 bits per heavy atom. The van der Waals surface area contributed by atoms with E-state index in [0.717, 1.165) is 23.9 Å². The Labute approximate surface area is 149 Å². The van der Waals surface area contributed by atoms with E-state index in [1.54, 1.807) is 0 Å². The van der Waals surface area contributed by atoms with Crippen LogP contribution in [0.15, 0.2) is 46.9 Å². The van der Waals surface area contributed by atoms with E-state index in [2.05, 4.69) is 100 Å². The molecule has 1 atom stereocenters. The van der Waals surface area contributed by atoms with Gasteiger partial charge in [-0.2, -0.15) is 0 Å². The van der Waals surface area contributed by atoms with Gasteiger partial charge in [0.15, 0.2) is 0 Å². The minimum atomic E-state index is 0.363. The fraction of sp³-hybridized carbons (Fsp3) is 0.333. The van der Waals surface area contributed by atoms with E-state index in [-0.39, 0.29) is 0 Å². The van der Waals surface area contributed by atoms with Gasteiger partial charge in [0.25, 0.3) is 0 Å². The van der Waals surface area contributed by atoms with Gasteiger partial charge in [-0.15, -0.1) is 0 Å². The number of hydrogen-bond donors (Lipinski definition) is 1. The SMILES string of the molecule is CCCNC(Cc1ccc(I)cc1)c1cc(Br)ccc1C. The van der Waals surface area contributed by atoms with Crippen LogP contribution in [0.2, 0.25) is 0 Å². The average molecular weight is 458 g/mol. The fourth-order valence-corrected chi connectivity index (χ4v) is 3.19. The molecule has 112 valence electrons. The van der Waals surface area contributed by atoms with Crippen LogP contribution in [0.3, 0.4) is 0 Å². The van der Waals surface area contributed by atoms with Crippen molar-refractivity contribution in [2.45, 2.75) is 32.7 Å². The second kappa shape index (κ2) is 8.30. The third-order valence-electron chi connectivity index (χ3n) is 3.61. The summed E-state index contributed by atoms with van der Waals surface area (Å²) in [4.78, 5) is 0. The summed E-state index contributed by atoms with van der Waals surface area (Å²) >= 11 is 5.95. The van der Waals surface area contributed by atoms with E-state index >= 15 is 0 Å². The van der Waals surface area contributed by atoms with E-state index in [9.17, 15) is 0 Å². The van der Waals surface area contributed by atoms with E-state index in [0.29, 0.717) is 6.04 Å². The third kappa shape index (κ3) is 5.08. The van der Waals surface area contributed by atoms with Crippen molar-refractivity contribution in [1.82, 2.24) is 5.32 Å². The molecule has 21 heavy (non-hydrogen) atoms. The summed E-state index contributed by atoms with van der Waals surface area (Å²) in [5.41, 5.74) is 4.11. The van der Waals surface area contributed by atoms with E-state index in [1.165, 1.54) is 20.3 Å². The van der Waals surface area contributed by atoms with Crippen LogP contribution in [0.4, 0.5) is 0 Å². The molecule has 2 aromatic rings. The van der Waals surface area contributed by atoms with Crippen LogP contribution in [0.5, 0.6) is 0 Å². The van der Waals surface area contributed by atoms with Crippen LogP contribution in [0, 0.1) is 10.5 Å². The lowest BCUT2D eigenvalue weighted by Crippen LogP contribution is -2.24. The molecule has 1 unspecified atom stereocenters. The summed E-state index contributed by atoms with van der Waals surface area (Å²) in [6, 6.07) is 15.7. The Bertz CT molecular complexity index is 580. The Morgan fingerprint density at radius 3 is 2.52 bits per heavy atom. The fourth-order valence-electron chi connectivity index (χ4n) is 2.45. The van der Waals surface area contributed by atoms with Gasteiger partial charge in [-0.05, 0) is 89.9 Å². The number of rotatable bonds is 6. The highest BCUT2D eigenvalue weighted by Crippen LogP contribution is 2.25. The second-order valence-corrected chi connectivity index (χ2v) is 7.50. The molecule has 3 heteroatoms. The Morgan fingerprint density at radius 2 is 1.86 bits per heavy atom. The zero-order chi connectivity index (χ0) is 15.2. The predicted molar refractivity (Wildman–Crippen MR) is 103 cm³/mol. The molecule has 0 aromatic heterocycles. The summed E-state index contributed by atoms with van der Waals surface area (Å²) in [5, 5.41) is 3.69. The summed E-state index contributed by atoms with van der Waals surface area (Å²) in [7, 11) is 0. The zero-order valence-corrected chi connectivity index (χ0v) is 16.2. The van der Waals surface area contributed by atoms with Crippen LogP contribution in [-0.2, 0) is 6.42 Å². The van der Waals surface area contributed by atoms with Crippen molar-refractivity contribution in [3.05, 3.63) is 67.2 Å². The van der Waals surface area contributed by atoms with Crippen LogP contribution < -0.4 is 5.32 Å². The van der Waals surface area contributed by atoms with E-state index in [1.807, 2.05) is 0 Å². The first kappa shape index (κ1) is 17.0. The van der Waals surface area contributed by atoms with Gasteiger partial charge < -0.3 is 5.32 Å². The van der Waals surface area contributed by atoms with Crippen molar-refractivity contribution in [2.24, 2.45) is 0 Å². The lowest BCUT2D eigenvalue weighted by molar-refractivity contribution is 0.527. The van der Waals surface area contributed by atoms with Gasteiger partial charge >= 0.3 is 0 Å². The quantitative estimate of drug-likeness (QED) is 0.553. The van der Waals surface area contributed by atoms with Crippen molar-refractivity contribution < 1.29 is 0 Å². The Balaban J connectivity index is 2.25. The molecule has 0 bridgehead atoms. The van der Waals surface area contributed by atoms with Gasteiger partial charge in [0, 0.05) is 14.1 Å². The van der Waals surface area contributed by atoms with Crippen molar-refractivity contribution in [1.29, 1.82) is 0 Å². The van der Waals surface area contributed by atoms with E-state index < -0.39 is 0 Å². The van der Waals surface area contributed by atoms with Crippen LogP contribution in [0.25, 0.3) is 0 Å². The summed E-state index contributed by atoms with van der Waals surface area (Å²) in [6.07, 6.45) is 2.17. The first-order valence-electron chi connectivity index (χ1n) is 7.34. The summed E-state index contributed by atoms with van der Waals surface area (Å²) in [5.74, 6) is 0. The highest BCUT2D eigenvalue weighted by atomic mass is 127. The van der Waals surface area contributed by atoms with Crippen LogP contribution >= 0.6 is 38.5 Å². The highest BCUT2D eigenvalue weighted by Gasteiger charge is 2.14.